The number of amides is 1. The summed E-state index contributed by atoms with van der Waals surface area (Å²) in [6, 6.07) is 4.68. The van der Waals surface area contributed by atoms with Crippen LogP contribution in [0.5, 0.6) is 5.75 Å². The summed E-state index contributed by atoms with van der Waals surface area (Å²) >= 11 is 0. The van der Waals surface area contributed by atoms with E-state index in [1.807, 2.05) is 0 Å². The van der Waals surface area contributed by atoms with Crippen molar-refractivity contribution < 1.29 is 27.4 Å². The summed E-state index contributed by atoms with van der Waals surface area (Å²) in [5, 5.41) is 2.79. The zero-order valence-corrected chi connectivity index (χ0v) is 15.8. The van der Waals surface area contributed by atoms with Gasteiger partial charge in [-0.05, 0) is 30.5 Å². The second kappa shape index (κ2) is 9.08. The highest BCUT2D eigenvalue weighted by molar-refractivity contribution is 5.92. The van der Waals surface area contributed by atoms with Crippen molar-refractivity contribution in [2.24, 2.45) is 0 Å². The molecule has 0 spiro atoms. The van der Waals surface area contributed by atoms with Crippen LogP contribution in [0.1, 0.15) is 34.9 Å². The van der Waals surface area contributed by atoms with Gasteiger partial charge in [0.1, 0.15) is 17.3 Å². The number of benzene rings is 1. The van der Waals surface area contributed by atoms with Gasteiger partial charge in [-0.3, -0.25) is 9.78 Å². The number of methoxy groups -OCH3 is 1. The number of hydrogen-bond donors (Lipinski definition) is 1. The molecule has 1 aliphatic rings. The topological polar surface area (TPSA) is 76.6 Å². The quantitative estimate of drug-likeness (QED) is 0.756. The molecule has 10 heteroatoms. The summed E-state index contributed by atoms with van der Waals surface area (Å²) in [5.41, 5.74) is 0.728. The zero-order valence-electron chi connectivity index (χ0n) is 15.8. The Morgan fingerprint density at radius 2 is 1.90 bits per heavy atom. The van der Waals surface area contributed by atoms with Crippen LogP contribution in [0.3, 0.4) is 0 Å². The third-order valence-corrected chi connectivity index (χ3v) is 4.44. The highest BCUT2D eigenvalue weighted by Crippen LogP contribution is 2.25. The molecule has 0 aliphatic carbocycles. The van der Waals surface area contributed by atoms with Crippen molar-refractivity contribution in [1.82, 2.24) is 15.3 Å². The number of nitrogens with one attached hydrogen (secondary N) is 1. The van der Waals surface area contributed by atoms with Gasteiger partial charge < -0.3 is 19.7 Å². The summed E-state index contributed by atoms with van der Waals surface area (Å²) in [6.07, 6.45) is 0.373. The van der Waals surface area contributed by atoms with Crippen molar-refractivity contribution in [2.75, 3.05) is 31.7 Å². The van der Waals surface area contributed by atoms with Crippen LogP contribution in [0, 0.1) is 0 Å². The van der Waals surface area contributed by atoms with E-state index < -0.39 is 18.3 Å². The SMILES string of the molecule is COCC(NC(=O)c1cncc(N2CCCC2)n1)c1ccc(OC(F)(F)F)cc1. The zero-order chi connectivity index (χ0) is 20.9. The van der Waals surface area contributed by atoms with Gasteiger partial charge in [-0.1, -0.05) is 12.1 Å². The molecule has 1 N–H and O–H groups in total. The minimum Gasteiger partial charge on any atom is -0.406 e. The Bertz CT molecular complexity index is 824. The number of aromatic nitrogens is 2. The number of alkyl halides is 3. The Labute approximate surface area is 165 Å². The predicted molar refractivity (Wildman–Crippen MR) is 98.7 cm³/mol. The van der Waals surface area contributed by atoms with E-state index in [-0.39, 0.29) is 18.1 Å². The lowest BCUT2D eigenvalue weighted by molar-refractivity contribution is -0.274. The van der Waals surface area contributed by atoms with Gasteiger partial charge in [0.05, 0.1) is 25.0 Å². The molecule has 29 heavy (non-hydrogen) atoms. The normalized spacial score (nSPS) is 15.2. The van der Waals surface area contributed by atoms with Crippen molar-refractivity contribution in [1.29, 1.82) is 0 Å². The highest BCUT2D eigenvalue weighted by Gasteiger charge is 2.31. The van der Waals surface area contributed by atoms with Crippen LogP contribution >= 0.6 is 0 Å². The number of halogens is 3. The fourth-order valence-electron chi connectivity index (χ4n) is 3.09. The molecule has 2 heterocycles. The lowest BCUT2D eigenvalue weighted by Crippen LogP contribution is -2.32. The molecular weight excluding hydrogens is 389 g/mol. The molecule has 1 saturated heterocycles. The maximum absolute atomic E-state index is 12.7. The molecule has 1 aromatic heterocycles. The maximum Gasteiger partial charge on any atom is 0.573 e. The monoisotopic (exact) mass is 410 g/mol. The van der Waals surface area contributed by atoms with Crippen LogP contribution in [0.15, 0.2) is 36.7 Å². The van der Waals surface area contributed by atoms with Crippen molar-refractivity contribution in [3.8, 4) is 5.75 Å². The molecule has 1 amide bonds. The third kappa shape index (κ3) is 5.80. The number of carbonyl (C=O) groups excluding carboxylic acids is 1. The molecule has 0 radical (unpaired) electrons. The molecule has 156 valence electrons. The second-order valence-electron chi connectivity index (χ2n) is 6.55. The number of nitrogens with zero attached hydrogens (tertiary/aromatic N) is 3. The number of hydrogen-bond acceptors (Lipinski definition) is 6. The Hall–Kier alpha value is -2.88. The highest BCUT2D eigenvalue weighted by atomic mass is 19.4. The van der Waals surface area contributed by atoms with Gasteiger partial charge in [0.15, 0.2) is 0 Å². The van der Waals surface area contributed by atoms with Gasteiger partial charge >= 0.3 is 6.36 Å². The number of carbonyl (C=O) groups is 1. The lowest BCUT2D eigenvalue weighted by Gasteiger charge is -2.20. The molecule has 0 bridgehead atoms. The van der Waals surface area contributed by atoms with Gasteiger partial charge in [0.2, 0.25) is 0 Å². The number of rotatable bonds is 7. The molecule has 0 saturated carbocycles. The Morgan fingerprint density at radius 1 is 1.21 bits per heavy atom. The Balaban J connectivity index is 1.71. The molecule has 3 rings (SSSR count). The van der Waals surface area contributed by atoms with E-state index in [0.717, 1.165) is 25.9 Å². The first-order valence-corrected chi connectivity index (χ1v) is 9.08. The number of ether oxygens (including phenoxy) is 2. The molecular formula is C19H21F3N4O3. The summed E-state index contributed by atoms with van der Waals surface area (Å²) < 4.78 is 45.9. The first kappa shape index (κ1) is 20.8. The molecule has 1 atom stereocenters. The molecule has 7 nitrogen and oxygen atoms in total. The van der Waals surface area contributed by atoms with Crippen LogP contribution in [0.25, 0.3) is 0 Å². The van der Waals surface area contributed by atoms with E-state index in [1.165, 1.54) is 37.6 Å². The smallest absolute Gasteiger partial charge is 0.406 e. The largest absolute Gasteiger partial charge is 0.573 e. The maximum atomic E-state index is 12.7. The van der Waals surface area contributed by atoms with E-state index in [2.05, 4.69) is 24.9 Å². The van der Waals surface area contributed by atoms with Crippen molar-refractivity contribution in [2.45, 2.75) is 25.2 Å². The molecule has 1 unspecified atom stereocenters. The average Bonchev–Trinajstić information content (AvgIpc) is 3.22. The van der Waals surface area contributed by atoms with Gasteiger partial charge in [-0.15, -0.1) is 13.2 Å². The summed E-state index contributed by atoms with van der Waals surface area (Å²) in [5.74, 6) is -0.142. The summed E-state index contributed by atoms with van der Waals surface area (Å²) in [4.78, 5) is 23.2. The standard InChI is InChI=1S/C19H21F3N4O3/c1-28-12-16(13-4-6-14(7-5-13)29-19(20,21)22)25-18(27)15-10-23-11-17(24-15)26-8-2-3-9-26/h4-7,10-11,16H,2-3,8-9,12H2,1H3,(H,25,27). The first-order valence-electron chi connectivity index (χ1n) is 9.08. The van der Waals surface area contributed by atoms with Crippen LogP contribution in [0.4, 0.5) is 19.0 Å². The molecule has 1 fully saturated rings. The lowest BCUT2D eigenvalue weighted by atomic mass is 10.1. The Kier molecular flexibility index (Phi) is 6.53. The van der Waals surface area contributed by atoms with Gasteiger partial charge in [-0.2, -0.15) is 0 Å². The number of anilines is 1. The third-order valence-electron chi connectivity index (χ3n) is 4.44. The first-order chi connectivity index (χ1) is 13.9. The van der Waals surface area contributed by atoms with E-state index in [1.54, 1.807) is 6.20 Å². The second-order valence-corrected chi connectivity index (χ2v) is 6.55. The van der Waals surface area contributed by atoms with Crippen molar-refractivity contribution >= 4 is 11.7 Å². The molecule has 2 aromatic rings. The fourth-order valence-corrected chi connectivity index (χ4v) is 3.09. The minimum atomic E-state index is -4.76. The van der Waals surface area contributed by atoms with E-state index in [4.69, 9.17) is 4.74 Å². The molecule has 1 aromatic carbocycles. The van der Waals surface area contributed by atoms with E-state index in [9.17, 15) is 18.0 Å². The van der Waals surface area contributed by atoms with E-state index >= 15 is 0 Å². The molecule has 1 aliphatic heterocycles. The van der Waals surface area contributed by atoms with Gasteiger partial charge in [-0.25, -0.2) is 4.98 Å². The van der Waals surface area contributed by atoms with E-state index in [0.29, 0.717) is 11.4 Å². The Morgan fingerprint density at radius 3 is 2.52 bits per heavy atom. The predicted octanol–water partition coefficient (Wildman–Crippen LogP) is 3.09. The van der Waals surface area contributed by atoms with Crippen molar-refractivity contribution in [3.05, 3.63) is 47.9 Å². The van der Waals surface area contributed by atoms with Crippen LogP contribution in [0.2, 0.25) is 0 Å². The minimum absolute atomic E-state index is 0.129. The van der Waals surface area contributed by atoms with Crippen molar-refractivity contribution in [3.63, 3.8) is 0 Å². The van der Waals surface area contributed by atoms with Gasteiger partial charge in [0.25, 0.3) is 5.91 Å². The van der Waals surface area contributed by atoms with Crippen LogP contribution < -0.4 is 15.0 Å². The van der Waals surface area contributed by atoms with Crippen LogP contribution in [-0.4, -0.2) is 49.0 Å². The summed E-state index contributed by atoms with van der Waals surface area (Å²) in [6.45, 7) is 1.88. The summed E-state index contributed by atoms with van der Waals surface area (Å²) in [7, 11) is 1.47. The fraction of sp³-hybridized carbons (Fsp3) is 0.421. The van der Waals surface area contributed by atoms with Gasteiger partial charge in [0, 0.05) is 20.2 Å². The average molecular weight is 410 g/mol. The van der Waals surface area contributed by atoms with Crippen LogP contribution in [-0.2, 0) is 4.74 Å².